The number of amides is 1. The summed E-state index contributed by atoms with van der Waals surface area (Å²) in [6.07, 6.45) is 1.19. The van der Waals surface area contributed by atoms with E-state index in [1.807, 2.05) is 0 Å². The SMILES string of the molecule is CC1=NN(c2c(F)c(F)c(F)c(F)c2F)C(=O)/C1=C/c1ccc(-c2cccc(C(=O)O)c2C)o1. The molecule has 0 unspecified atom stereocenters. The average molecular weight is 476 g/mol. The lowest BCUT2D eigenvalue weighted by molar-refractivity contribution is -0.114. The molecule has 0 atom stereocenters. The highest BCUT2D eigenvalue weighted by Gasteiger charge is 2.37. The number of nitrogens with zero attached hydrogens (tertiary/aromatic N) is 2. The van der Waals surface area contributed by atoms with Crippen LogP contribution in [0, 0.1) is 36.0 Å². The van der Waals surface area contributed by atoms with Gasteiger partial charge in [0.05, 0.1) is 16.8 Å². The van der Waals surface area contributed by atoms with Crippen molar-refractivity contribution in [1.29, 1.82) is 0 Å². The first-order valence-corrected chi connectivity index (χ1v) is 9.59. The summed E-state index contributed by atoms with van der Waals surface area (Å²) >= 11 is 0. The Morgan fingerprint density at radius 1 is 0.971 bits per heavy atom. The molecular weight excluding hydrogens is 463 g/mol. The molecule has 4 rings (SSSR count). The lowest BCUT2D eigenvalue weighted by atomic mass is 10.0. The molecule has 0 fully saturated rings. The van der Waals surface area contributed by atoms with Crippen LogP contribution in [0.3, 0.4) is 0 Å². The van der Waals surface area contributed by atoms with Crippen molar-refractivity contribution < 1.29 is 41.1 Å². The standard InChI is InChI=1S/C23H13F5N2O4/c1-9-12(4-3-5-13(9)23(32)33)15-7-6-11(34-15)8-14-10(2)29-30(22(14)31)21-19(27)17(25)16(24)18(26)20(21)28/h3-8H,1-2H3,(H,32,33)/b14-8+. The number of hydrogen-bond donors (Lipinski definition) is 1. The highest BCUT2D eigenvalue weighted by molar-refractivity contribution is 6.32. The van der Waals surface area contributed by atoms with E-state index < -0.39 is 46.6 Å². The number of hydrogen-bond acceptors (Lipinski definition) is 4. The lowest BCUT2D eigenvalue weighted by Crippen LogP contribution is -2.25. The number of benzene rings is 2. The van der Waals surface area contributed by atoms with Crippen LogP contribution >= 0.6 is 0 Å². The molecule has 0 saturated heterocycles. The molecular formula is C23H13F5N2O4. The Morgan fingerprint density at radius 2 is 1.59 bits per heavy atom. The highest BCUT2D eigenvalue weighted by atomic mass is 19.2. The second kappa shape index (κ2) is 8.25. The van der Waals surface area contributed by atoms with Gasteiger partial charge < -0.3 is 9.52 Å². The topological polar surface area (TPSA) is 83.1 Å². The summed E-state index contributed by atoms with van der Waals surface area (Å²) in [7, 11) is 0. The molecule has 0 spiro atoms. The van der Waals surface area contributed by atoms with E-state index in [4.69, 9.17) is 4.42 Å². The van der Waals surface area contributed by atoms with E-state index >= 15 is 0 Å². The Balaban J connectivity index is 1.71. The monoisotopic (exact) mass is 476 g/mol. The Hall–Kier alpha value is -4.28. The Kier molecular flexibility index (Phi) is 5.56. The number of hydrazone groups is 1. The van der Waals surface area contributed by atoms with Gasteiger partial charge in [-0.3, -0.25) is 4.79 Å². The molecule has 1 aliphatic heterocycles. The maximum Gasteiger partial charge on any atom is 0.335 e. The third kappa shape index (κ3) is 3.54. The summed E-state index contributed by atoms with van der Waals surface area (Å²) in [6.45, 7) is 2.90. The Bertz CT molecular complexity index is 1410. The summed E-state index contributed by atoms with van der Waals surface area (Å²) < 4.78 is 74.5. The molecule has 174 valence electrons. The van der Waals surface area contributed by atoms with Crippen molar-refractivity contribution >= 4 is 29.4 Å². The van der Waals surface area contributed by atoms with Crippen molar-refractivity contribution in [2.24, 2.45) is 5.10 Å². The maximum atomic E-state index is 14.2. The first-order valence-electron chi connectivity index (χ1n) is 9.59. The zero-order valence-electron chi connectivity index (χ0n) is 17.4. The molecule has 1 aliphatic rings. The first kappa shape index (κ1) is 22.9. The summed E-state index contributed by atoms with van der Waals surface area (Å²) in [5.74, 6) is -13.0. The number of halogens is 5. The van der Waals surface area contributed by atoms with Crippen LogP contribution in [0.15, 0.2) is 45.4 Å². The number of anilines is 1. The number of rotatable bonds is 4. The van der Waals surface area contributed by atoms with Gasteiger partial charge in [-0.2, -0.15) is 10.1 Å². The molecule has 1 N–H and O–H groups in total. The minimum Gasteiger partial charge on any atom is -0.478 e. The average Bonchev–Trinajstić information content (AvgIpc) is 3.37. The lowest BCUT2D eigenvalue weighted by Gasteiger charge is -2.14. The molecule has 0 saturated carbocycles. The minimum absolute atomic E-state index is 0.0593. The van der Waals surface area contributed by atoms with Crippen LogP contribution in [0.4, 0.5) is 27.6 Å². The third-order valence-corrected chi connectivity index (χ3v) is 5.20. The van der Waals surface area contributed by atoms with E-state index in [0.29, 0.717) is 11.1 Å². The molecule has 2 heterocycles. The molecule has 11 heteroatoms. The van der Waals surface area contributed by atoms with Gasteiger partial charge in [0.1, 0.15) is 17.2 Å². The molecule has 2 aromatic carbocycles. The summed E-state index contributed by atoms with van der Waals surface area (Å²) in [4.78, 5) is 24.1. The van der Waals surface area contributed by atoms with Gasteiger partial charge in [-0.05, 0) is 43.7 Å². The van der Waals surface area contributed by atoms with Crippen LogP contribution < -0.4 is 5.01 Å². The highest BCUT2D eigenvalue weighted by Crippen LogP contribution is 2.34. The van der Waals surface area contributed by atoms with Crippen LogP contribution in [0.5, 0.6) is 0 Å². The number of carboxylic acid groups (broad SMARTS) is 1. The second-order valence-electron chi connectivity index (χ2n) is 7.26. The van der Waals surface area contributed by atoms with E-state index in [0.717, 1.165) is 0 Å². The van der Waals surface area contributed by atoms with Gasteiger partial charge in [0.15, 0.2) is 23.3 Å². The first-order chi connectivity index (χ1) is 16.0. The van der Waals surface area contributed by atoms with Gasteiger partial charge >= 0.3 is 5.97 Å². The van der Waals surface area contributed by atoms with Crippen LogP contribution in [0.1, 0.15) is 28.6 Å². The molecule has 0 aliphatic carbocycles. The number of furan rings is 1. The summed E-state index contributed by atoms with van der Waals surface area (Å²) in [5.41, 5.74) is -0.769. The Morgan fingerprint density at radius 3 is 2.21 bits per heavy atom. The zero-order valence-corrected chi connectivity index (χ0v) is 17.4. The fraction of sp³-hybridized carbons (Fsp3) is 0.0870. The zero-order chi connectivity index (χ0) is 24.9. The van der Waals surface area contributed by atoms with Crippen LogP contribution in [-0.4, -0.2) is 22.7 Å². The largest absolute Gasteiger partial charge is 0.478 e. The normalized spacial score (nSPS) is 14.8. The Labute approximate surface area is 188 Å². The van der Waals surface area contributed by atoms with Gasteiger partial charge in [0.2, 0.25) is 5.82 Å². The molecule has 0 radical (unpaired) electrons. The van der Waals surface area contributed by atoms with E-state index in [9.17, 15) is 36.6 Å². The number of carbonyl (C=O) groups is 2. The van der Waals surface area contributed by atoms with Gasteiger partial charge in [0, 0.05) is 5.56 Å². The van der Waals surface area contributed by atoms with Gasteiger partial charge in [-0.15, -0.1) is 0 Å². The van der Waals surface area contributed by atoms with Crippen molar-refractivity contribution in [3.05, 3.63) is 81.9 Å². The van der Waals surface area contributed by atoms with Crippen LogP contribution in [0.2, 0.25) is 0 Å². The van der Waals surface area contributed by atoms with E-state index in [1.54, 1.807) is 13.0 Å². The predicted molar refractivity (Wildman–Crippen MR) is 111 cm³/mol. The van der Waals surface area contributed by atoms with E-state index in [-0.39, 0.29) is 33.4 Å². The quantitative estimate of drug-likeness (QED) is 0.235. The van der Waals surface area contributed by atoms with Crippen LogP contribution in [-0.2, 0) is 4.79 Å². The molecule has 1 amide bonds. The smallest absolute Gasteiger partial charge is 0.335 e. The second-order valence-corrected chi connectivity index (χ2v) is 7.26. The van der Waals surface area contributed by atoms with Crippen molar-refractivity contribution in [3.63, 3.8) is 0 Å². The molecule has 0 bridgehead atoms. The van der Waals surface area contributed by atoms with Crippen LogP contribution in [0.25, 0.3) is 17.4 Å². The number of aromatic carboxylic acids is 1. The fourth-order valence-corrected chi connectivity index (χ4v) is 3.47. The molecule has 3 aromatic rings. The van der Waals surface area contributed by atoms with Gasteiger partial charge in [0.25, 0.3) is 5.91 Å². The van der Waals surface area contributed by atoms with Crippen molar-refractivity contribution in [3.8, 4) is 11.3 Å². The van der Waals surface area contributed by atoms with Crippen molar-refractivity contribution in [2.75, 3.05) is 5.01 Å². The van der Waals surface area contributed by atoms with E-state index in [2.05, 4.69) is 5.10 Å². The van der Waals surface area contributed by atoms with Crippen molar-refractivity contribution in [1.82, 2.24) is 0 Å². The molecule has 1 aromatic heterocycles. The minimum atomic E-state index is -2.35. The molecule has 34 heavy (non-hydrogen) atoms. The van der Waals surface area contributed by atoms with E-state index in [1.165, 1.54) is 37.3 Å². The number of carboxylic acids is 1. The fourth-order valence-electron chi connectivity index (χ4n) is 3.47. The van der Waals surface area contributed by atoms with Crippen molar-refractivity contribution in [2.45, 2.75) is 13.8 Å². The number of carbonyl (C=O) groups excluding carboxylic acids is 1. The van der Waals surface area contributed by atoms with Gasteiger partial charge in [-0.1, -0.05) is 12.1 Å². The predicted octanol–water partition coefficient (Wildman–Crippen LogP) is 5.45. The third-order valence-electron chi connectivity index (χ3n) is 5.20. The summed E-state index contributed by atoms with van der Waals surface area (Å²) in [6, 6.07) is 7.57. The summed E-state index contributed by atoms with van der Waals surface area (Å²) in [5, 5.41) is 13.0. The maximum absolute atomic E-state index is 14.2. The van der Waals surface area contributed by atoms with Gasteiger partial charge in [-0.25, -0.2) is 26.7 Å². The molecule has 6 nitrogen and oxygen atoms in total.